The molecule has 442 valence electrons. The van der Waals surface area contributed by atoms with Crippen LogP contribution in [0.2, 0.25) is 0 Å². The lowest BCUT2D eigenvalue weighted by Crippen LogP contribution is -2.37. The van der Waals surface area contributed by atoms with Crippen LogP contribution < -0.4 is 4.89 Å². The summed E-state index contributed by atoms with van der Waals surface area (Å²) in [6, 6.07) is 0. The van der Waals surface area contributed by atoms with Crippen LogP contribution in [0.4, 0.5) is 0 Å². The second-order valence-corrected chi connectivity index (χ2v) is 22.4. The number of allylic oxidation sites excluding steroid dienone is 24. The fourth-order valence-corrected chi connectivity index (χ4v) is 8.45. The molecule has 0 N–H and O–H groups in total. The maximum atomic E-state index is 12.8. The molecule has 2 atom stereocenters. The highest BCUT2D eigenvalue weighted by atomic mass is 31.2. The Morgan fingerprint density at radius 2 is 0.692 bits per heavy atom. The van der Waals surface area contributed by atoms with Crippen molar-refractivity contribution in [2.24, 2.45) is 0 Å². The number of likely N-dealkylation sites (N-methyl/N-ethyl adjacent to an activating group) is 1. The molecule has 0 aliphatic rings. The van der Waals surface area contributed by atoms with Crippen molar-refractivity contribution < 1.29 is 42.1 Å². The van der Waals surface area contributed by atoms with Gasteiger partial charge in [0.15, 0.2) is 6.10 Å². The number of quaternary nitrogens is 1. The molecule has 0 saturated heterocycles. The van der Waals surface area contributed by atoms with Gasteiger partial charge in [0.25, 0.3) is 7.82 Å². The third-order valence-corrected chi connectivity index (χ3v) is 13.3. The molecule has 0 aromatic rings. The number of rotatable bonds is 54. The van der Waals surface area contributed by atoms with Gasteiger partial charge in [-0.05, 0) is 116 Å². The van der Waals surface area contributed by atoms with Crippen molar-refractivity contribution in [2.45, 2.75) is 225 Å². The van der Waals surface area contributed by atoms with Crippen molar-refractivity contribution in [3.8, 4) is 0 Å². The van der Waals surface area contributed by atoms with Crippen molar-refractivity contribution in [2.75, 3.05) is 47.5 Å². The molecule has 78 heavy (non-hydrogen) atoms. The van der Waals surface area contributed by atoms with Gasteiger partial charge in [-0.3, -0.25) is 14.2 Å². The standard InChI is InChI=1S/C68H112NO8P/c1-6-8-10-12-14-16-18-20-22-24-25-26-27-28-29-30-31-32-33-34-35-36-37-38-39-40-41-42-43-45-47-49-51-53-55-57-59-61-68(71)77-66(65-76-78(72,73)75-63-62-69(3,4)5)64-74-67(70)60-58-56-54-52-50-48-46-44-23-21-19-17-15-13-11-9-7-2/h8-11,14-17,20-23,25-26,28-29,31-32,34-35,37-38,46,48,66H,6-7,12-13,18-19,24,27,30,33,36,39-45,47,49-65H2,1-5H3/b10-8-,11-9-,16-14-,17-15-,22-20-,23-21-,26-25-,29-28-,32-31-,35-34-,38-37-,48-46-. The number of phosphoric ester groups is 1. The summed E-state index contributed by atoms with van der Waals surface area (Å²) < 4.78 is 34.1. The van der Waals surface area contributed by atoms with Crippen LogP contribution in [0.1, 0.15) is 219 Å². The maximum Gasteiger partial charge on any atom is 0.306 e. The molecule has 0 aliphatic carbocycles. The summed E-state index contributed by atoms with van der Waals surface area (Å²) >= 11 is 0. The topological polar surface area (TPSA) is 111 Å². The summed E-state index contributed by atoms with van der Waals surface area (Å²) in [5, 5.41) is 0. The molecule has 0 spiro atoms. The summed E-state index contributed by atoms with van der Waals surface area (Å²) in [6.07, 6.45) is 84.8. The van der Waals surface area contributed by atoms with E-state index in [1.165, 1.54) is 51.4 Å². The van der Waals surface area contributed by atoms with Gasteiger partial charge >= 0.3 is 11.9 Å². The number of carbonyl (C=O) groups is 2. The Hall–Kier alpha value is -4.11. The largest absolute Gasteiger partial charge is 0.756 e. The van der Waals surface area contributed by atoms with Crippen LogP contribution in [0, 0.1) is 0 Å². The Labute approximate surface area is 478 Å². The minimum atomic E-state index is -4.65. The van der Waals surface area contributed by atoms with Crippen molar-refractivity contribution in [1.29, 1.82) is 0 Å². The Balaban J connectivity index is 4.13. The van der Waals surface area contributed by atoms with E-state index in [0.29, 0.717) is 23.9 Å². The first-order valence-electron chi connectivity index (χ1n) is 30.5. The lowest BCUT2D eigenvalue weighted by atomic mass is 10.0. The van der Waals surface area contributed by atoms with Gasteiger partial charge in [0.05, 0.1) is 27.7 Å². The first kappa shape index (κ1) is 73.9. The Morgan fingerprint density at radius 1 is 0.397 bits per heavy atom. The Kier molecular flexibility index (Phi) is 54.5. The average Bonchev–Trinajstić information content (AvgIpc) is 3.41. The zero-order valence-corrected chi connectivity index (χ0v) is 50.9. The first-order chi connectivity index (χ1) is 38.0. The SMILES string of the molecule is CC/C=C\C/C=C\C/C=C\C/C=C\C/C=C\C/C=C\C/C=C\C/C=C\CCCCCCCCCCCCCCC(=O)OC(COC(=O)CCCCCC/C=C\C/C=C\C/C=C\C/C=C\CC)COP(=O)([O-])OCC[N+](C)(C)C. The number of nitrogens with zero attached hydrogens (tertiary/aromatic N) is 1. The fraction of sp³-hybridized carbons (Fsp3) is 0.618. The van der Waals surface area contributed by atoms with Gasteiger partial charge in [-0.1, -0.05) is 237 Å². The number of hydrogen-bond acceptors (Lipinski definition) is 8. The number of hydrogen-bond donors (Lipinski definition) is 0. The lowest BCUT2D eigenvalue weighted by Gasteiger charge is -2.28. The molecule has 0 fully saturated rings. The van der Waals surface area contributed by atoms with Gasteiger partial charge < -0.3 is 27.9 Å². The van der Waals surface area contributed by atoms with Crippen LogP contribution in [0.3, 0.4) is 0 Å². The van der Waals surface area contributed by atoms with Crippen LogP contribution in [0.5, 0.6) is 0 Å². The summed E-state index contributed by atoms with van der Waals surface area (Å²) in [7, 11) is 1.13. The average molecular weight is 1100 g/mol. The molecule has 0 radical (unpaired) electrons. The minimum absolute atomic E-state index is 0.0427. The predicted molar refractivity (Wildman–Crippen MR) is 332 cm³/mol. The summed E-state index contributed by atoms with van der Waals surface area (Å²) in [5.74, 6) is -0.872. The van der Waals surface area contributed by atoms with Crippen LogP contribution in [-0.4, -0.2) is 70.0 Å². The van der Waals surface area contributed by atoms with Gasteiger partial charge in [0, 0.05) is 12.8 Å². The van der Waals surface area contributed by atoms with E-state index in [1.54, 1.807) is 0 Å². The number of phosphoric acid groups is 1. The second-order valence-electron chi connectivity index (χ2n) is 20.9. The highest BCUT2D eigenvalue weighted by Crippen LogP contribution is 2.38. The summed E-state index contributed by atoms with van der Waals surface area (Å²) in [4.78, 5) is 37.9. The molecule has 10 heteroatoms. The maximum absolute atomic E-state index is 12.8. The van der Waals surface area contributed by atoms with Gasteiger partial charge in [0.1, 0.15) is 19.8 Å². The van der Waals surface area contributed by atoms with E-state index < -0.39 is 32.5 Å². The van der Waals surface area contributed by atoms with Crippen LogP contribution in [0.15, 0.2) is 146 Å². The van der Waals surface area contributed by atoms with Crippen LogP contribution >= 0.6 is 7.82 Å². The van der Waals surface area contributed by atoms with Gasteiger partial charge in [-0.15, -0.1) is 0 Å². The van der Waals surface area contributed by atoms with E-state index in [9.17, 15) is 19.0 Å². The number of carbonyl (C=O) groups excluding carboxylic acids is 2. The normalized spacial score (nSPS) is 14.3. The van der Waals surface area contributed by atoms with E-state index >= 15 is 0 Å². The second kappa shape index (κ2) is 57.6. The predicted octanol–water partition coefficient (Wildman–Crippen LogP) is 18.8. The monoisotopic (exact) mass is 1100 g/mol. The molecule has 0 aromatic carbocycles. The third kappa shape index (κ3) is 61.1. The first-order valence-corrected chi connectivity index (χ1v) is 32.0. The molecule has 0 bridgehead atoms. The number of esters is 2. The molecular formula is C68H112NO8P. The van der Waals surface area contributed by atoms with Crippen LogP contribution in [-0.2, 0) is 32.7 Å². The van der Waals surface area contributed by atoms with E-state index in [-0.39, 0.29) is 26.1 Å². The van der Waals surface area contributed by atoms with Crippen molar-refractivity contribution >= 4 is 19.8 Å². The molecule has 0 saturated carbocycles. The quantitative estimate of drug-likeness (QED) is 0.0195. The lowest BCUT2D eigenvalue weighted by molar-refractivity contribution is -0.870. The molecule has 0 amide bonds. The van der Waals surface area contributed by atoms with E-state index in [2.05, 4.69) is 160 Å². The molecule has 0 rings (SSSR count). The van der Waals surface area contributed by atoms with Gasteiger partial charge in [-0.2, -0.15) is 0 Å². The third-order valence-electron chi connectivity index (χ3n) is 12.4. The van der Waals surface area contributed by atoms with Crippen molar-refractivity contribution in [3.63, 3.8) is 0 Å². The molecule has 0 aliphatic heterocycles. The number of unbranched alkanes of at least 4 members (excludes halogenated alkanes) is 16. The Morgan fingerprint density at radius 3 is 1.03 bits per heavy atom. The van der Waals surface area contributed by atoms with E-state index in [0.717, 1.165) is 128 Å². The Bertz CT molecular complexity index is 1820. The highest BCUT2D eigenvalue weighted by Gasteiger charge is 2.21. The minimum Gasteiger partial charge on any atom is -0.756 e. The van der Waals surface area contributed by atoms with Crippen molar-refractivity contribution in [3.05, 3.63) is 146 Å². The smallest absolute Gasteiger partial charge is 0.306 e. The molecule has 2 unspecified atom stereocenters. The molecule has 0 aromatic heterocycles. The molecular weight excluding hydrogens is 990 g/mol. The fourth-order valence-electron chi connectivity index (χ4n) is 7.72. The number of ether oxygens (including phenoxy) is 2. The zero-order valence-electron chi connectivity index (χ0n) is 50.1. The summed E-state index contributed by atoms with van der Waals surface area (Å²) in [5.41, 5.74) is 0. The van der Waals surface area contributed by atoms with Gasteiger partial charge in [-0.25, -0.2) is 0 Å². The van der Waals surface area contributed by atoms with Crippen molar-refractivity contribution in [1.82, 2.24) is 0 Å². The summed E-state index contributed by atoms with van der Waals surface area (Å²) in [6.45, 7) is 3.96. The molecule has 9 nitrogen and oxygen atoms in total. The van der Waals surface area contributed by atoms with E-state index in [4.69, 9.17) is 18.5 Å². The van der Waals surface area contributed by atoms with E-state index in [1.807, 2.05) is 21.1 Å². The highest BCUT2D eigenvalue weighted by molar-refractivity contribution is 7.45. The zero-order chi connectivity index (χ0) is 57.0. The van der Waals surface area contributed by atoms with Gasteiger partial charge in [0.2, 0.25) is 0 Å². The molecule has 0 heterocycles. The van der Waals surface area contributed by atoms with Crippen LogP contribution in [0.25, 0.3) is 0 Å².